The van der Waals surface area contributed by atoms with Crippen LogP contribution in [0.4, 0.5) is 4.79 Å². The number of nitrogens with one attached hydrogen (secondary N) is 1. The van der Waals surface area contributed by atoms with Crippen molar-refractivity contribution in [1.82, 2.24) is 5.32 Å². The highest BCUT2D eigenvalue weighted by atomic mass is 35.6. The zero-order valence-corrected chi connectivity index (χ0v) is 29.3. The number of carbonyl (C=O) groups excluding carboxylic acids is 6. The number of hydrogen-bond donors (Lipinski definition) is 2. The predicted octanol–water partition coefficient (Wildman–Crippen LogP) is 2.85. The molecule has 1 aromatic carbocycles. The molecule has 0 saturated carbocycles. The monoisotopic (exact) mass is 744 g/mol. The van der Waals surface area contributed by atoms with E-state index < -0.39 is 94.4 Å². The van der Waals surface area contributed by atoms with E-state index >= 15 is 0 Å². The lowest BCUT2D eigenvalue weighted by Gasteiger charge is -2.53. The van der Waals surface area contributed by atoms with Crippen molar-refractivity contribution < 1.29 is 61.9 Å². The van der Waals surface area contributed by atoms with Gasteiger partial charge in [0.25, 0.3) is 0 Å². The number of halogens is 3. The van der Waals surface area contributed by atoms with Gasteiger partial charge in [-0.05, 0) is 19.1 Å². The van der Waals surface area contributed by atoms with Crippen molar-refractivity contribution in [3.05, 3.63) is 29.8 Å². The van der Waals surface area contributed by atoms with Gasteiger partial charge in [0.05, 0.1) is 7.11 Å². The molecular weight excluding hydrogens is 711 g/mol. The van der Waals surface area contributed by atoms with Crippen molar-refractivity contribution in [3.8, 4) is 0 Å². The van der Waals surface area contributed by atoms with E-state index in [9.17, 15) is 28.8 Å². The molecule has 1 heterocycles. The summed E-state index contributed by atoms with van der Waals surface area (Å²) in [4.78, 5) is 74.0. The molecule has 0 aliphatic carbocycles. The van der Waals surface area contributed by atoms with Crippen molar-refractivity contribution >= 4 is 82.5 Å². The Morgan fingerprint density at radius 3 is 2.06 bits per heavy atom. The van der Waals surface area contributed by atoms with Gasteiger partial charge in [0.15, 0.2) is 17.9 Å². The van der Waals surface area contributed by atoms with Gasteiger partial charge in [-0.1, -0.05) is 64.3 Å². The highest BCUT2D eigenvalue weighted by molar-refractivity contribution is 8.01. The first-order valence-corrected chi connectivity index (χ1v) is 15.6. The molecule has 6 atom stereocenters. The number of carbonyl (C=O) groups is 6. The molecule has 2 rings (SSSR count). The standard InChI is InChI=1S/C28H35Cl3N2O13S/c1-14-7-9-19(10-8-14)47-26(24(38)40-6)11-21(44-17(4)36)28(32,33-25(39)42-13-27(29,30)31)23(46-26)22(45-18(5)37)20(43-16(3)35)12-41-15(2)34/h7-10,20-23H,11-13,32H2,1-6H3,(H,33,39)/t20-,21+,22-,23+,26-,28+/m1/s1. The van der Waals surface area contributed by atoms with Crippen LogP contribution in [0.25, 0.3) is 0 Å². The Kier molecular flexibility index (Phi) is 14.4. The summed E-state index contributed by atoms with van der Waals surface area (Å²) in [6, 6.07) is 6.85. The lowest BCUT2D eigenvalue weighted by Crippen LogP contribution is -2.79. The summed E-state index contributed by atoms with van der Waals surface area (Å²) in [5.74, 6) is -4.63. The van der Waals surface area contributed by atoms with Crippen LogP contribution in [0.1, 0.15) is 39.7 Å². The van der Waals surface area contributed by atoms with E-state index in [1.165, 1.54) is 0 Å². The van der Waals surface area contributed by atoms with Gasteiger partial charge in [-0.2, -0.15) is 0 Å². The number of ether oxygens (including phenoxy) is 7. The van der Waals surface area contributed by atoms with E-state index in [0.29, 0.717) is 4.90 Å². The van der Waals surface area contributed by atoms with Crippen molar-refractivity contribution in [3.63, 3.8) is 0 Å². The summed E-state index contributed by atoms with van der Waals surface area (Å²) in [6.07, 6.45) is -9.06. The maximum Gasteiger partial charge on any atom is 0.408 e. The number of hydrogen-bond acceptors (Lipinski definition) is 15. The first kappa shape index (κ1) is 40.2. The third-order valence-electron chi connectivity index (χ3n) is 6.30. The number of rotatable bonds is 12. The van der Waals surface area contributed by atoms with Crippen LogP contribution >= 0.6 is 46.6 Å². The number of alkyl halides is 3. The molecule has 1 amide bonds. The van der Waals surface area contributed by atoms with Crippen molar-refractivity contribution in [1.29, 1.82) is 0 Å². The van der Waals surface area contributed by atoms with E-state index in [0.717, 1.165) is 52.1 Å². The van der Waals surface area contributed by atoms with E-state index in [2.05, 4.69) is 5.32 Å². The van der Waals surface area contributed by atoms with Crippen molar-refractivity contribution in [2.75, 3.05) is 20.3 Å². The molecule has 1 aliphatic heterocycles. The number of nitrogens with two attached hydrogens (primary N) is 1. The molecule has 0 radical (unpaired) electrons. The zero-order valence-electron chi connectivity index (χ0n) is 26.2. The Labute approximate surface area is 289 Å². The average Bonchev–Trinajstić information content (AvgIpc) is 2.94. The summed E-state index contributed by atoms with van der Waals surface area (Å²) >= 11 is 18.0. The first-order valence-electron chi connectivity index (χ1n) is 13.7. The lowest BCUT2D eigenvalue weighted by molar-refractivity contribution is -0.240. The summed E-state index contributed by atoms with van der Waals surface area (Å²) in [5.41, 5.74) is 5.23. The number of benzene rings is 1. The SMILES string of the molecule is COC(=O)[C@]1(Sc2ccc(C)cc2)C[C@H](OC(C)=O)[C@](N)(NC(=O)OCC(Cl)(Cl)Cl)[C@H]([C@H](OC(C)=O)[C@@H](COC(C)=O)OC(C)=O)O1. The fourth-order valence-corrected chi connectivity index (χ4v) is 5.83. The third kappa shape index (κ3) is 11.9. The Morgan fingerprint density at radius 1 is 0.979 bits per heavy atom. The Morgan fingerprint density at radius 2 is 1.57 bits per heavy atom. The van der Waals surface area contributed by atoms with Gasteiger partial charge in [-0.3, -0.25) is 24.5 Å². The predicted molar refractivity (Wildman–Crippen MR) is 166 cm³/mol. The van der Waals surface area contributed by atoms with Crippen molar-refractivity contribution in [2.24, 2.45) is 5.73 Å². The van der Waals surface area contributed by atoms with Gasteiger partial charge in [-0.15, -0.1) is 0 Å². The summed E-state index contributed by atoms with van der Waals surface area (Å²) in [7, 11) is 1.07. The number of thioether (sulfide) groups is 1. The molecule has 15 nitrogen and oxygen atoms in total. The van der Waals surface area contributed by atoms with Crippen LogP contribution in [0.15, 0.2) is 29.2 Å². The molecule has 1 aliphatic rings. The van der Waals surface area contributed by atoms with E-state index in [-0.39, 0.29) is 0 Å². The molecule has 47 heavy (non-hydrogen) atoms. The minimum Gasteiger partial charge on any atom is -0.466 e. The van der Waals surface area contributed by atoms with Gasteiger partial charge in [0.1, 0.15) is 25.4 Å². The third-order valence-corrected chi connectivity index (χ3v) is 7.90. The van der Waals surface area contributed by atoms with Crippen LogP contribution in [0.2, 0.25) is 0 Å². The fourth-order valence-electron chi connectivity index (χ4n) is 4.46. The smallest absolute Gasteiger partial charge is 0.408 e. The topological polar surface area (TPSA) is 205 Å². The van der Waals surface area contributed by atoms with Gasteiger partial charge in [0.2, 0.25) is 8.73 Å². The molecule has 0 aromatic heterocycles. The van der Waals surface area contributed by atoms with Gasteiger partial charge in [-0.25, -0.2) is 9.59 Å². The van der Waals surface area contributed by atoms with Crippen molar-refractivity contribution in [2.45, 2.75) is 84.7 Å². The Balaban J connectivity index is 2.88. The fraction of sp³-hybridized carbons (Fsp3) is 0.571. The maximum atomic E-state index is 13.6. The number of amides is 1. The maximum absolute atomic E-state index is 13.6. The van der Waals surface area contributed by atoms with Crippen LogP contribution in [-0.2, 0) is 57.1 Å². The molecular formula is C28H35Cl3N2O13S. The van der Waals surface area contributed by atoms with Gasteiger partial charge >= 0.3 is 35.9 Å². The van der Waals surface area contributed by atoms with Gasteiger partial charge in [0, 0.05) is 39.0 Å². The van der Waals surface area contributed by atoms with E-state index in [1.807, 2.05) is 6.92 Å². The highest BCUT2D eigenvalue weighted by Gasteiger charge is 2.65. The second kappa shape index (κ2) is 16.9. The highest BCUT2D eigenvalue weighted by Crippen LogP contribution is 2.47. The Bertz CT molecular complexity index is 1330. The molecule has 0 unspecified atom stereocenters. The molecule has 3 N–H and O–H groups in total. The molecule has 1 fully saturated rings. The summed E-state index contributed by atoms with van der Waals surface area (Å²) in [6.45, 7) is 4.46. The average molecular weight is 746 g/mol. The number of alkyl carbamates (subject to hydrolysis) is 1. The molecule has 19 heteroatoms. The molecule has 0 bridgehead atoms. The zero-order chi connectivity index (χ0) is 35.7. The Hall–Kier alpha value is -3.02. The quantitative estimate of drug-likeness (QED) is 0.137. The minimum absolute atomic E-state index is 0.473. The number of methoxy groups -OCH3 is 1. The van der Waals surface area contributed by atoms with E-state index in [1.54, 1.807) is 24.3 Å². The second-order valence-corrected chi connectivity index (χ2v) is 14.1. The van der Waals surface area contributed by atoms with Crippen LogP contribution in [-0.4, -0.2) is 95.1 Å². The van der Waals surface area contributed by atoms with E-state index in [4.69, 9.17) is 73.7 Å². The number of aryl methyl sites for hydroxylation is 1. The van der Waals surface area contributed by atoms with Crippen LogP contribution < -0.4 is 11.1 Å². The van der Waals surface area contributed by atoms with Gasteiger partial charge < -0.3 is 38.9 Å². The molecule has 1 saturated heterocycles. The first-order chi connectivity index (χ1) is 21.7. The minimum atomic E-state index is -2.46. The van der Waals surface area contributed by atoms with Crippen LogP contribution in [0.5, 0.6) is 0 Å². The second-order valence-electron chi connectivity index (χ2n) is 10.3. The molecule has 262 valence electrons. The summed E-state index contributed by atoms with van der Waals surface area (Å²) < 4.78 is 35.9. The number of esters is 5. The molecule has 0 spiro atoms. The van der Waals surface area contributed by atoms with Crippen LogP contribution in [0, 0.1) is 6.92 Å². The lowest BCUT2D eigenvalue weighted by atomic mass is 9.84. The largest absolute Gasteiger partial charge is 0.466 e. The van der Waals surface area contributed by atoms with Crippen LogP contribution in [0.3, 0.4) is 0 Å². The normalized spacial score (nSPS) is 23.7. The summed E-state index contributed by atoms with van der Waals surface area (Å²) in [5, 5.41) is 2.30. The molecule has 1 aromatic rings.